The number of nitrogens with zero attached hydrogens (tertiary/aromatic N) is 1. The van der Waals surface area contributed by atoms with Crippen molar-refractivity contribution in [3.63, 3.8) is 0 Å². The van der Waals surface area contributed by atoms with Crippen LogP contribution in [0.15, 0.2) is 53.1 Å². The molecule has 1 amide bonds. The topological polar surface area (TPSA) is 81.2 Å². The van der Waals surface area contributed by atoms with Gasteiger partial charge in [-0.3, -0.25) is 9.78 Å². The van der Waals surface area contributed by atoms with Crippen molar-refractivity contribution in [1.29, 1.82) is 0 Å². The molecule has 0 saturated carbocycles. The van der Waals surface area contributed by atoms with Crippen molar-refractivity contribution in [2.75, 3.05) is 5.32 Å². The highest BCUT2D eigenvalue weighted by Crippen LogP contribution is 2.22. The van der Waals surface area contributed by atoms with Crippen molar-refractivity contribution < 1.29 is 9.21 Å². The summed E-state index contributed by atoms with van der Waals surface area (Å²) < 4.78 is 5.33. The van der Waals surface area contributed by atoms with Crippen molar-refractivity contribution >= 4 is 22.5 Å². The molecule has 2 aromatic heterocycles. The first-order chi connectivity index (χ1) is 9.78. The quantitative estimate of drug-likeness (QED) is 0.764. The standard InChI is InChI=1S/C15H13N3O2/c16-9-10-6-7-14(20-10)15(19)18-13-5-1-4-12-11(13)3-2-8-17-12/h1-8H,9,16H2,(H,18,19). The lowest BCUT2D eigenvalue weighted by Gasteiger charge is -2.06. The highest BCUT2D eigenvalue weighted by molar-refractivity contribution is 6.07. The van der Waals surface area contributed by atoms with E-state index in [0.29, 0.717) is 11.4 Å². The van der Waals surface area contributed by atoms with Crippen LogP contribution in [0.3, 0.4) is 0 Å². The number of pyridine rings is 1. The molecule has 0 bridgehead atoms. The maximum Gasteiger partial charge on any atom is 0.291 e. The Kier molecular flexibility index (Phi) is 3.18. The average molecular weight is 267 g/mol. The molecule has 3 N–H and O–H groups in total. The molecule has 5 nitrogen and oxygen atoms in total. The van der Waals surface area contributed by atoms with Crippen LogP contribution in [-0.2, 0) is 6.54 Å². The summed E-state index contributed by atoms with van der Waals surface area (Å²) in [6, 6.07) is 12.6. The highest BCUT2D eigenvalue weighted by atomic mass is 16.4. The second-order valence-corrected chi connectivity index (χ2v) is 4.30. The van der Waals surface area contributed by atoms with E-state index < -0.39 is 0 Å². The van der Waals surface area contributed by atoms with Gasteiger partial charge in [-0.2, -0.15) is 0 Å². The first-order valence-corrected chi connectivity index (χ1v) is 6.22. The van der Waals surface area contributed by atoms with Gasteiger partial charge in [-0.05, 0) is 36.4 Å². The molecule has 0 aliphatic carbocycles. The van der Waals surface area contributed by atoms with Crippen molar-refractivity contribution in [3.05, 3.63) is 60.2 Å². The molecule has 0 fully saturated rings. The van der Waals surface area contributed by atoms with Crippen LogP contribution in [0, 0.1) is 0 Å². The maximum atomic E-state index is 12.1. The van der Waals surface area contributed by atoms with E-state index in [2.05, 4.69) is 10.3 Å². The molecule has 1 aromatic carbocycles. The van der Waals surface area contributed by atoms with Gasteiger partial charge in [0.15, 0.2) is 5.76 Å². The van der Waals surface area contributed by atoms with E-state index in [1.807, 2.05) is 30.3 Å². The van der Waals surface area contributed by atoms with Gasteiger partial charge in [0.05, 0.1) is 17.7 Å². The van der Waals surface area contributed by atoms with Crippen molar-refractivity contribution in [1.82, 2.24) is 4.98 Å². The number of fused-ring (bicyclic) bond motifs is 1. The summed E-state index contributed by atoms with van der Waals surface area (Å²) in [7, 11) is 0. The van der Waals surface area contributed by atoms with Crippen LogP contribution in [0.4, 0.5) is 5.69 Å². The molecule has 0 atom stereocenters. The van der Waals surface area contributed by atoms with Crippen molar-refractivity contribution in [2.24, 2.45) is 5.73 Å². The summed E-state index contributed by atoms with van der Waals surface area (Å²) in [4.78, 5) is 16.4. The number of carbonyl (C=O) groups is 1. The molecule has 3 aromatic rings. The Morgan fingerprint density at radius 3 is 2.90 bits per heavy atom. The Bertz CT molecular complexity index is 759. The molecule has 0 aliphatic rings. The lowest BCUT2D eigenvalue weighted by atomic mass is 10.2. The van der Waals surface area contributed by atoms with Gasteiger partial charge >= 0.3 is 0 Å². The Balaban J connectivity index is 1.91. The fraction of sp³-hybridized carbons (Fsp3) is 0.0667. The molecule has 0 saturated heterocycles. The van der Waals surface area contributed by atoms with E-state index in [-0.39, 0.29) is 18.2 Å². The Labute approximate surface area is 115 Å². The van der Waals surface area contributed by atoms with Gasteiger partial charge in [0.2, 0.25) is 0 Å². The summed E-state index contributed by atoms with van der Waals surface area (Å²) in [5, 5.41) is 3.71. The minimum atomic E-state index is -0.305. The molecule has 0 aliphatic heterocycles. The average Bonchev–Trinajstić information content (AvgIpc) is 2.97. The van der Waals surface area contributed by atoms with E-state index in [9.17, 15) is 4.79 Å². The SMILES string of the molecule is NCc1ccc(C(=O)Nc2cccc3ncccc23)o1. The third kappa shape index (κ3) is 2.26. The van der Waals surface area contributed by atoms with Gasteiger partial charge in [-0.15, -0.1) is 0 Å². The number of hydrogen-bond donors (Lipinski definition) is 2. The number of nitrogens with two attached hydrogens (primary N) is 1. The van der Waals surface area contributed by atoms with Crippen LogP contribution < -0.4 is 11.1 Å². The molecule has 2 heterocycles. The molecule has 5 heteroatoms. The zero-order valence-electron chi connectivity index (χ0n) is 10.7. The van der Waals surface area contributed by atoms with Gasteiger partial charge in [-0.25, -0.2) is 0 Å². The van der Waals surface area contributed by atoms with Crippen LogP contribution in [0.2, 0.25) is 0 Å². The number of carbonyl (C=O) groups excluding carboxylic acids is 1. The lowest BCUT2D eigenvalue weighted by Crippen LogP contribution is -2.11. The van der Waals surface area contributed by atoms with Crippen LogP contribution >= 0.6 is 0 Å². The largest absolute Gasteiger partial charge is 0.455 e. The number of benzene rings is 1. The molecular formula is C15H13N3O2. The predicted molar refractivity (Wildman–Crippen MR) is 76.3 cm³/mol. The van der Waals surface area contributed by atoms with Crippen LogP contribution in [-0.4, -0.2) is 10.9 Å². The second kappa shape index (κ2) is 5.14. The van der Waals surface area contributed by atoms with Gasteiger partial charge < -0.3 is 15.5 Å². The minimum Gasteiger partial charge on any atom is -0.455 e. The smallest absolute Gasteiger partial charge is 0.291 e. The Morgan fingerprint density at radius 2 is 2.10 bits per heavy atom. The molecule has 100 valence electrons. The molecule has 3 rings (SSSR count). The molecule has 0 unspecified atom stereocenters. The van der Waals surface area contributed by atoms with E-state index in [4.69, 9.17) is 10.2 Å². The first kappa shape index (κ1) is 12.4. The van der Waals surface area contributed by atoms with E-state index in [1.54, 1.807) is 18.3 Å². The summed E-state index contributed by atoms with van der Waals surface area (Å²) in [6.07, 6.45) is 1.72. The predicted octanol–water partition coefficient (Wildman–Crippen LogP) is 2.54. The van der Waals surface area contributed by atoms with Crippen molar-refractivity contribution in [3.8, 4) is 0 Å². The zero-order valence-corrected chi connectivity index (χ0v) is 10.7. The number of rotatable bonds is 3. The molecule has 0 radical (unpaired) electrons. The lowest BCUT2D eigenvalue weighted by molar-refractivity contribution is 0.0995. The van der Waals surface area contributed by atoms with Crippen LogP contribution in [0.5, 0.6) is 0 Å². The van der Waals surface area contributed by atoms with E-state index in [1.165, 1.54) is 0 Å². The number of furan rings is 1. The maximum absolute atomic E-state index is 12.1. The van der Waals surface area contributed by atoms with Crippen LogP contribution in [0.25, 0.3) is 10.9 Å². The summed E-state index contributed by atoms with van der Waals surface area (Å²) in [6.45, 7) is 0.269. The third-order valence-corrected chi connectivity index (χ3v) is 2.98. The first-order valence-electron chi connectivity index (χ1n) is 6.22. The molecule has 20 heavy (non-hydrogen) atoms. The Morgan fingerprint density at radius 1 is 1.20 bits per heavy atom. The number of hydrogen-bond acceptors (Lipinski definition) is 4. The highest BCUT2D eigenvalue weighted by Gasteiger charge is 2.12. The molecular weight excluding hydrogens is 254 g/mol. The van der Waals surface area contributed by atoms with Gasteiger partial charge in [0, 0.05) is 11.6 Å². The van der Waals surface area contributed by atoms with Crippen molar-refractivity contribution in [2.45, 2.75) is 6.54 Å². The third-order valence-electron chi connectivity index (χ3n) is 2.98. The van der Waals surface area contributed by atoms with E-state index >= 15 is 0 Å². The van der Waals surface area contributed by atoms with E-state index in [0.717, 1.165) is 10.9 Å². The number of amides is 1. The zero-order chi connectivity index (χ0) is 13.9. The number of aromatic nitrogens is 1. The molecule has 0 spiro atoms. The van der Waals surface area contributed by atoms with Crippen LogP contribution in [0.1, 0.15) is 16.3 Å². The minimum absolute atomic E-state index is 0.242. The second-order valence-electron chi connectivity index (χ2n) is 4.30. The fourth-order valence-electron chi connectivity index (χ4n) is 2.01. The number of anilines is 1. The summed E-state index contributed by atoms with van der Waals surface area (Å²) >= 11 is 0. The monoisotopic (exact) mass is 267 g/mol. The summed E-state index contributed by atoms with van der Waals surface area (Å²) in [5.74, 6) is 0.516. The van der Waals surface area contributed by atoms with Gasteiger partial charge in [0.25, 0.3) is 5.91 Å². The normalized spacial score (nSPS) is 10.7. The summed E-state index contributed by atoms with van der Waals surface area (Å²) in [5.41, 5.74) is 6.98. The van der Waals surface area contributed by atoms with Gasteiger partial charge in [0.1, 0.15) is 5.76 Å². The Hall–Kier alpha value is -2.66. The number of nitrogens with one attached hydrogen (secondary N) is 1. The fourth-order valence-corrected chi connectivity index (χ4v) is 2.01. The van der Waals surface area contributed by atoms with Gasteiger partial charge in [-0.1, -0.05) is 6.07 Å².